The number of hydrogen-bond acceptors (Lipinski definition) is 4. The number of piperidine rings is 1. The highest BCUT2D eigenvalue weighted by Gasteiger charge is 2.28. The van der Waals surface area contributed by atoms with Gasteiger partial charge in [-0.3, -0.25) is 9.89 Å². The van der Waals surface area contributed by atoms with Crippen LogP contribution in [0.5, 0.6) is 0 Å². The minimum absolute atomic E-state index is 0.103. The molecular formula is C20H39N5O2. The average Bonchev–Trinajstić information content (AvgIpc) is 3.02. The summed E-state index contributed by atoms with van der Waals surface area (Å²) in [5, 5.41) is 6.38. The van der Waals surface area contributed by atoms with Gasteiger partial charge in [-0.25, -0.2) is 4.79 Å². The fourth-order valence-electron chi connectivity index (χ4n) is 3.74. The summed E-state index contributed by atoms with van der Waals surface area (Å²) in [6.07, 6.45) is 4.53. The number of guanidine groups is 1. The number of carbonyl (C=O) groups excluding carboxylic acids is 1. The summed E-state index contributed by atoms with van der Waals surface area (Å²) in [6.45, 7) is 15.6. The summed E-state index contributed by atoms with van der Waals surface area (Å²) in [6, 6.07) is 0.775. The van der Waals surface area contributed by atoms with Crippen molar-refractivity contribution in [3.05, 3.63) is 0 Å². The van der Waals surface area contributed by atoms with Gasteiger partial charge in [0, 0.05) is 32.2 Å². The summed E-state index contributed by atoms with van der Waals surface area (Å²) >= 11 is 0. The maximum absolute atomic E-state index is 12.0. The molecule has 0 bridgehead atoms. The summed E-state index contributed by atoms with van der Waals surface area (Å²) in [7, 11) is 0. The van der Waals surface area contributed by atoms with E-state index in [2.05, 4.69) is 34.3 Å². The summed E-state index contributed by atoms with van der Waals surface area (Å²) < 4.78 is 5.37. The molecule has 156 valence electrons. The smallest absolute Gasteiger partial charge is 0.407 e. The van der Waals surface area contributed by atoms with E-state index in [0.29, 0.717) is 6.04 Å². The van der Waals surface area contributed by atoms with E-state index < -0.39 is 5.60 Å². The Kier molecular flexibility index (Phi) is 8.20. The van der Waals surface area contributed by atoms with Crippen molar-refractivity contribution in [2.45, 2.75) is 78.0 Å². The van der Waals surface area contributed by atoms with Gasteiger partial charge >= 0.3 is 6.09 Å². The fourth-order valence-corrected chi connectivity index (χ4v) is 3.74. The first-order valence-corrected chi connectivity index (χ1v) is 10.6. The number of amides is 1. The zero-order chi connectivity index (χ0) is 19.9. The summed E-state index contributed by atoms with van der Waals surface area (Å²) in [5.74, 6) is 0.954. The van der Waals surface area contributed by atoms with E-state index in [0.717, 1.165) is 45.1 Å². The lowest BCUT2D eigenvalue weighted by molar-refractivity contribution is 0.0507. The Morgan fingerprint density at radius 1 is 1.22 bits per heavy atom. The van der Waals surface area contributed by atoms with Crippen LogP contribution in [0, 0.1) is 0 Å². The van der Waals surface area contributed by atoms with Crippen molar-refractivity contribution < 1.29 is 9.53 Å². The molecule has 7 heteroatoms. The van der Waals surface area contributed by atoms with Gasteiger partial charge in [-0.1, -0.05) is 6.42 Å². The van der Waals surface area contributed by atoms with E-state index in [4.69, 9.17) is 9.73 Å². The van der Waals surface area contributed by atoms with E-state index in [-0.39, 0.29) is 12.1 Å². The Hall–Kier alpha value is -1.50. The zero-order valence-corrected chi connectivity index (χ0v) is 17.9. The maximum Gasteiger partial charge on any atom is 0.407 e. The van der Waals surface area contributed by atoms with E-state index in [1.54, 1.807) is 0 Å². The normalized spacial score (nSPS) is 24.8. The molecular weight excluding hydrogens is 342 g/mol. The lowest BCUT2D eigenvalue weighted by Gasteiger charge is -2.33. The number of ether oxygens (including phenoxy) is 1. The van der Waals surface area contributed by atoms with Gasteiger partial charge in [-0.15, -0.1) is 0 Å². The first-order chi connectivity index (χ1) is 12.8. The number of alkyl carbamates (subject to hydrolysis) is 1. The van der Waals surface area contributed by atoms with Crippen LogP contribution in [-0.2, 0) is 4.74 Å². The molecule has 0 spiro atoms. The molecule has 0 radical (unpaired) electrons. The number of aliphatic imine (C=N–C) groups is 1. The molecule has 2 saturated heterocycles. The van der Waals surface area contributed by atoms with Crippen LogP contribution < -0.4 is 10.6 Å². The number of hydrogen-bond donors (Lipinski definition) is 2. The highest BCUT2D eigenvalue weighted by molar-refractivity contribution is 5.80. The monoisotopic (exact) mass is 381 g/mol. The maximum atomic E-state index is 12.0. The predicted octanol–water partition coefficient (Wildman–Crippen LogP) is 2.43. The second-order valence-electron chi connectivity index (χ2n) is 8.69. The topological polar surface area (TPSA) is 69.2 Å². The Bertz CT molecular complexity index is 503. The molecule has 0 aromatic heterocycles. The zero-order valence-electron chi connectivity index (χ0n) is 17.9. The first-order valence-electron chi connectivity index (χ1n) is 10.6. The van der Waals surface area contributed by atoms with Gasteiger partial charge in [0.05, 0.1) is 12.6 Å². The molecule has 0 aromatic rings. The first kappa shape index (κ1) is 21.8. The molecule has 2 aliphatic rings. The molecule has 2 fully saturated rings. The van der Waals surface area contributed by atoms with Crippen molar-refractivity contribution in [3.8, 4) is 0 Å². The van der Waals surface area contributed by atoms with Crippen molar-refractivity contribution in [3.63, 3.8) is 0 Å². The lowest BCUT2D eigenvalue weighted by atomic mass is 10.0. The van der Waals surface area contributed by atoms with Crippen molar-refractivity contribution >= 4 is 12.1 Å². The second kappa shape index (κ2) is 10.2. The minimum Gasteiger partial charge on any atom is -0.444 e. The third-order valence-corrected chi connectivity index (χ3v) is 5.13. The largest absolute Gasteiger partial charge is 0.444 e. The van der Waals surface area contributed by atoms with E-state index in [9.17, 15) is 4.79 Å². The number of rotatable bonds is 5. The molecule has 2 unspecified atom stereocenters. The van der Waals surface area contributed by atoms with Crippen LogP contribution >= 0.6 is 0 Å². The molecule has 2 aliphatic heterocycles. The van der Waals surface area contributed by atoms with Gasteiger partial charge in [0.1, 0.15) is 5.60 Å². The molecule has 2 rings (SSSR count). The molecule has 7 nitrogen and oxygen atoms in total. The molecule has 0 aromatic carbocycles. The van der Waals surface area contributed by atoms with E-state index in [1.165, 1.54) is 25.8 Å². The molecule has 27 heavy (non-hydrogen) atoms. The highest BCUT2D eigenvalue weighted by Crippen LogP contribution is 2.16. The van der Waals surface area contributed by atoms with Crippen molar-refractivity contribution in [1.82, 2.24) is 20.4 Å². The lowest BCUT2D eigenvalue weighted by Crippen LogP contribution is -2.44. The Labute approximate surface area is 164 Å². The number of likely N-dealkylation sites (tertiary alicyclic amines) is 2. The van der Waals surface area contributed by atoms with Crippen LogP contribution in [0.25, 0.3) is 0 Å². The SMILES string of the molecule is CCNC(=NCCN1CCCCC1C)N1CCC(NC(=O)OC(C)(C)C)C1. The van der Waals surface area contributed by atoms with Gasteiger partial charge in [0.2, 0.25) is 0 Å². The van der Waals surface area contributed by atoms with Gasteiger partial charge in [0.25, 0.3) is 0 Å². The molecule has 0 aliphatic carbocycles. The van der Waals surface area contributed by atoms with Crippen LogP contribution in [0.3, 0.4) is 0 Å². The van der Waals surface area contributed by atoms with Crippen molar-refractivity contribution in [2.75, 3.05) is 39.3 Å². The molecule has 2 atom stereocenters. The fraction of sp³-hybridized carbons (Fsp3) is 0.900. The Morgan fingerprint density at radius 2 is 2.00 bits per heavy atom. The van der Waals surface area contributed by atoms with Crippen LogP contribution in [0.4, 0.5) is 4.79 Å². The highest BCUT2D eigenvalue weighted by atomic mass is 16.6. The third kappa shape index (κ3) is 7.56. The summed E-state index contributed by atoms with van der Waals surface area (Å²) in [5.41, 5.74) is -0.468. The van der Waals surface area contributed by atoms with E-state index in [1.807, 2.05) is 20.8 Å². The second-order valence-corrected chi connectivity index (χ2v) is 8.69. The van der Waals surface area contributed by atoms with Gasteiger partial charge < -0.3 is 20.3 Å². The van der Waals surface area contributed by atoms with Crippen LogP contribution in [0.1, 0.15) is 60.3 Å². The Morgan fingerprint density at radius 3 is 2.67 bits per heavy atom. The number of nitrogens with one attached hydrogen (secondary N) is 2. The average molecular weight is 382 g/mol. The van der Waals surface area contributed by atoms with E-state index >= 15 is 0 Å². The van der Waals surface area contributed by atoms with Crippen molar-refractivity contribution in [2.24, 2.45) is 4.99 Å². The standard InChI is InChI=1S/C20H39N5O2/c1-6-21-18(22-11-14-24-12-8-7-9-16(24)2)25-13-10-17(15-25)23-19(26)27-20(3,4)5/h16-17H,6-15H2,1-5H3,(H,21,22)(H,23,26). The third-order valence-electron chi connectivity index (χ3n) is 5.13. The quantitative estimate of drug-likeness (QED) is 0.565. The van der Waals surface area contributed by atoms with Crippen LogP contribution in [-0.4, -0.2) is 78.8 Å². The predicted molar refractivity (Wildman–Crippen MR) is 110 cm³/mol. The molecule has 2 heterocycles. The van der Waals surface area contributed by atoms with Gasteiger partial charge in [-0.05, 0) is 60.4 Å². The molecule has 2 N–H and O–H groups in total. The number of carbonyl (C=O) groups is 1. The minimum atomic E-state index is -0.468. The Balaban J connectivity index is 1.82. The number of nitrogens with zero attached hydrogens (tertiary/aromatic N) is 3. The molecule has 0 saturated carbocycles. The summed E-state index contributed by atoms with van der Waals surface area (Å²) in [4.78, 5) is 21.6. The van der Waals surface area contributed by atoms with Gasteiger partial charge in [0.15, 0.2) is 5.96 Å². The molecule has 1 amide bonds. The van der Waals surface area contributed by atoms with Crippen LogP contribution in [0.15, 0.2) is 4.99 Å². The van der Waals surface area contributed by atoms with Crippen LogP contribution in [0.2, 0.25) is 0 Å². The van der Waals surface area contributed by atoms with Crippen molar-refractivity contribution in [1.29, 1.82) is 0 Å². The van der Waals surface area contributed by atoms with Gasteiger partial charge in [-0.2, -0.15) is 0 Å².